The highest BCUT2D eigenvalue weighted by Gasteiger charge is 2.24. The van der Waals surface area contributed by atoms with E-state index in [1.54, 1.807) is 43.4 Å². The molecule has 0 bridgehead atoms. The van der Waals surface area contributed by atoms with E-state index in [1.807, 2.05) is 42.3 Å². The Morgan fingerprint density at radius 2 is 1.87 bits per heavy atom. The van der Waals surface area contributed by atoms with Crippen molar-refractivity contribution in [2.75, 3.05) is 37.0 Å². The summed E-state index contributed by atoms with van der Waals surface area (Å²) in [7, 11) is 3.57. The van der Waals surface area contributed by atoms with Gasteiger partial charge in [0.05, 0.1) is 5.69 Å². The van der Waals surface area contributed by atoms with Crippen LogP contribution in [0.25, 0.3) is 0 Å². The van der Waals surface area contributed by atoms with E-state index >= 15 is 0 Å². The Kier molecular flexibility index (Phi) is 6.18. The third kappa shape index (κ3) is 4.70. The van der Waals surface area contributed by atoms with Gasteiger partial charge in [0.2, 0.25) is 0 Å². The van der Waals surface area contributed by atoms with Crippen LogP contribution in [0.4, 0.5) is 15.8 Å². The van der Waals surface area contributed by atoms with Crippen LogP contribution < -0.4 is 19.9 Å². The lowest BCUT2D eigenvalue weighted by atomic mass is 10.1. The van der Waals surface area contributed by atoms with E-state index in [0.717, 1.165) is 19.5 Å². The minimum Gasteiger partial charge on any atom is -0.457 e. The van der Waals surface area contributed by atoms with Crippen LogP contribution in [0, 0.1) is 5.82 Å². The van der Waals surface area contributed by atoms with E-state index < -0.39 is 0 Å². The molecular weight excluding hydrogens is 393 g/mol. The van der Waals surface area contributed by atoms with Gasteiger partial charge < -0.3 is 19.9 Å². The number of rotatable bonds is 6. The number of nitrogens with zero attached hydrogens (tertiary/aromatic N) is 2. The van der Waals surface area contributed by atoms with Gasteiger partial charge in [-0.05, 0) is 62.0 Å². The number of para-hydroxylation sites is 1. The summed E-state index contributed by atoms with van der Waals surface area (Å²) in [6.07, 6.45) is 0.984. The molecule has 31 heavy (non-hydrogen) atoms. The molecule has 1 heterocycles. The van der Waals surface area contributed by atoms with Gasteiger partial charge >= 0.3 is 0 Å². The smallest absolute Gasteiger partial charge is 0.258 e. The highest BCUT2D eigenvalue weighted by atomic mass is 19.1. The number of carbonyl (C=O) groups excluding carboxylic acids is 1. The van der Waals surface area contributed by atoms with Crippen LogP contribution in [0.3, 0.4) is 0 Å². The molecule has 1 atom stereocenters. The molecular formula is C25H28FN3O2. The van der Waals surface area contributed by atoms with Crippen molar-refractivity contribution in [3.05, 3.63) is 84.2 Å². The topological polar surface area (TPSA) is 44.8 Å². The molecule has 3 aromatic carbocycles. The Bertz CT molecular complexity index is 1060. The van der Waals surface area contributed by atoms with Gasteiger partial charge in [0.15, 0.2) is 0 Å². The number of hydrogen-bond donors (Lipinski definition) is 1. The van der Waals surface area contributed by atoms with Crippen LogP contribution in [0.5, 0.6) is 11.5 Å². The first-order valence-corrected chi connectivity index (χ1v) is 10.4. The summed E-state index contributed by atoms with van der Waals surface area (Å²) in [4.78, 5) is 16.5. The minimum absolute atomic E-state index is 0. The van der Waals surface area contributed by atoms with E-state index in [2.05, 4.69) is 5.32 Å². The Hall–Kier alpha value is -3.38. The predicted octanol–water partition coefficient (Wildman–Crippen LogP) is 4.94. The number of amides is 1. The van der Waals surface area contributed by atoms with Gasteiger partial charge in [0.25, 0.3) is 5.91 Å². The average molecular weight is 422 g/mol. The zero-order valence-electron chi connectivity index (χ0n) is 17.7. The summed E-state index contributed by atoms with van der Waals surface area (Å²) in [6.45, 7) is 1.58. The second-order valence-electron chi connectivity index (χ2n) is 7.66. The molecule has 1 amide bonds. The molecule has 0 aliphatic carbocycles. The van der Waals surface area contributed by atoms with Crippen molar-refractivity contribution in [1.29, 1.82) is 0 Å². The third-order valence-electron chi connectivity index (χ3n) is 5.62. The molecule has 4 rings (SSSR count). The Balaban J connectivity index is 0.00000289. The quantitative estimate of drug-likeness (QED) is 0.612. The van der Waals surface area contributed by atoms with Crippen LogP contribution in [0.15, 0.2) is 72.8 Å². The molecule has 3 aromatic rings. The first kappa shape index (κ1) is 20.9. The Labute approximate surface area is 183 Å². The van der Waals surface area contributed by atoms with Crippen LogP contribution in [0.2, 0.25) is 0 Å². The molecule has 0 radical (unpaired) electrons. The first-order chi connectivity index (χ1) is 15.0. The van der Waals surface area contributed by atoms with E-state index in [0.29, 0.717) is 34.5 Å². The lowest BCUT2D eigenvalue weighted by molar-refractivity contribution is 0.0992. The van der Waals surface area contributed by atoms with Crippen molar-refractivity contribution in [3.63, 3.8) is 0 Å². The molecule has 1 fully saturated rings. The molecule has 6 heteroatoms. The molecule has 0 saturated carbocycles. The zero-order chi connectivity index (χ0) is 21.8. The highest BCUT2D eigenvalue weighted by molar-refractivity contribution is 6.06. The van der Waals surface area contributed by atoms with Crippen LogP contribution in [-0.2, 0) is 0 Å². The number of ether oxygens (including phenoxy) is 1. The molecule has 1 N–H and O–H groups in total. The lowest BCUT2D eigenvalue weighted by Gasteiger charge is -2.22. The molecule has 1 saturated heterocycles. The molecule has 1 aliphatic heterocycles. The maximum Gasteiger partial charge on any atom is 0.258 e. The summed E-state index contributed by atoms with van der Waals surface area (Å²) < 4.78 is 20.7. The van der Waals surface area contributed by atoms with E-state index in [9.17, 15) is 9.18 Å². The Morgan fingerprint density at radius 1 is 1.10 bits per heavy atom. The molecule has 162 valence electrons. The van der Waals surface area contributed by atoms with Gasteiger partial charge in [-0.3, -0.25) is 4.79 Å². The van der Waals surface area contributed by atoms with Gasteiger partial charge in [-0.15, -0.1) is 0 Å². The molecule has 5 nitrogen and oxygen atoms in total. The third-order valence-corrected chi connectivity index (χ3v) is 5.62. The largest absolute Gasteiger partial charge is 0.457 e. The standard InChI is InChI=1S/C25H26FN3O2.H2/c1-27-19-13-14-29(17-19)24-12-11-20(16-23(24)26)28(2)25(30)18-7-6-10-22(15-18)31-21-8-4-3-5-9-21;/h3-12,15-16,19,27H,13-14,17H2,1-2H3;1H. The molecule has 1 aliphatic rings. The number of likely N-dealkylation sites (N-methyl/N-ethyl adjacent to an activating group) is 1. The highest BCUT2D eigenvalue weighted by Crippen LogP contribution is 2.29. The number of carbonyl (C=O) groups is 1. The fraction of sp³-hybridized carbons (Fsp3) is 0.240. The predicted molar refractivity (Wildman–Crippen MR) is 124 cm³/mol. The van der Waals surface area contributed by atoms with Crippen molar-refractivity contribution in [3.8, 4) is 11.5 Å². The first-order valence-electron chi connectivity index (χ1n) is 10.4. The average Bonchev–Trinajstić information content (AvgIpc) is 3.28. The second kappa shape index (κ2) is 9.18. The zero-order valence-corrected chi connectivity index (χ0v) is 17.7. The number of nitrogens with one attached hydrogen (secondary N) is 1. The number of hydrogen-bond acceptors (Lipinski definition) is 4. The minimum atomic E-state index is -0.324. The van der Waals surface area contributed by atoms with E-state index in [4.69, 9.17) is 4.74 Å². The maximum atomic E-state index is 14.8. The second-order valence-corrected chi connectivity index (χ2v) is 7.66. The van der Waals surface area contributed by atoms with Crippen molar-refractivity contribution in [1.82, 2.24) is 5.32 Å². The van der Waals surface area contributed by atoms with Crippen molar-refractivity contribution in [2.24, 2.45) is 0 Å². The normalized spacial score (nSPS) is 15.7. The summed E-state index contributed by atoms with van der Waals surface area (Å²) in [5, 5.41) is 3.24. The van der Waals surface area contributed by atoms with Crippen LogP contribution in [0.1, 0.15) is 18.2 Å². The molecule has 0 aromatic heterocycles. The van der Waals surface area contributed by atoms with Crippen molar-refractivity contribution in [2.45, 2.75) is 12.5 Å². The van der Waals surface area contributed by atoms with Gasteiger partial charge in [0, 0.05) is 38.9 Å². The number of halogens is 1. The Morgan fingerprint density at radius 3 is 2.58 bits per heavy atom. The van der Waals surface area contributed by atoms with Gasteiger partial charge in [-0.25, -0.2) is 4.39 Å². The van der Waals surface area contributed by atoms with Gasteiger partial charge in [-0.2, -0.15) is 0 Å². The fourth-order valence-electron chi connectivity index (χ4n) is 3.80. The van der Waals surface area contributed by atoms with Gasteiger partial charge in [0.1, 0.15) is 17.3 Å². The summed E-state index contributed by atoms with van der Waals surface area (Å²) in [5.74, 6) is 0.706. The fourth-order valence-corrected chi connectivity index (χ4v) is 3.80. The van der Waals surface area contributed by atoms with Crippen molar-refractivity contribution < 1.29 is 15.3 Å². The van der Waals surface area contributed by atoms with Gasteiger partial charge in [-0.1, -0.05) is 24.3 Å². The van der Waals surface area contributed by atoms with Crippen molar-refractivity contribution >= 4 is 17.3 Å². The van der Waals surface area contributed by atoms with Crippen LogP contribution in [-0.4, -0.2) is 39.1 Å². The molecule has 1 unspecified atom stereocenters. The number of anilines is 2. The van der Waals surface area contributed by atoms with E-state index in [-0.39, 0.29) is 13.2 Å². The maximum absolute atomic E-state index is 14.8. The SMILES string of the molecule is CNC1CCN(c2ccc(N(C)C(=O)c3cccc(Oc4ccccc4)c3)cc2F)C1.[HH]. The van der Waals surface area contributed by atoms with Crippen LogP contribution >= 0.6 is 0 Å². The summed E-state index contributed by atoms with van der Waals surface area (Å²) >= 11 is 0. The monoisotopic (exact) mass is 421 g/mol. The lowest BCUT2D eigenvalue weighted by Crippen LogP contribution is -2.30. The van der Waals surface area contributed by atoms with E-state index in [1.165, 1.54) is 11.0 Å². The number of benzene rings is 3. The summed E-state index contributed by atoms with van der Waals surface area (Å²) in [5.41, 5.74) is 1.54. The molecule has 0 spiro atoms. The summed E-state index contributed by atoms with van der Waals surface area (Å²) in [6, 6.07) is 21.7.